The largest absolute Gasteiger partial charge is 0.496 e. The zero-order valence-electron chi connectivity index (χ0n) is 10.4. The number of benzene rings is 1. The molecule has 1 aromatic rings. The number of nitrogens with one attached hydrogen (secondary N) is 1. The van der Waals surface area contributed by atoms with Gasteiger partial charge in [0.15, 0.2) is 0 Å². The van der Waals surface area contributed by atoms with Crippen molar-refractivity contribution in [1.82, 2.24) is 0 Å². The average molecular weight is 238 g/mol. The number of nitrogens with two attached hydrogens (primary N) is 1. The quantitative estimate of drug-likeness (QED) is 0.811. The van der Waals surface area contributed by atoms with E-state index in [0.717, 1.165) is 5.56 Å². The second kappa shape index (κ2) is 6.10. The van der Waals surface area contributed by atoms with E-state index in [2.05, 4.69) is 5.32 Å². The van der Waals surface area contributed by atoms with Crippen LogP contribution in [0, 0.1) is 6.92 Å². The number of methoxy groups -OCH3 is 2. The minimum atomic E-state index is -0.142. The molecule has 0 aliphatic carbocycles. The highest BCUT2D eigenvalue weighted by molar-refractivity contribution is 5.92. The van der Waals surface area contributed by atoms with E-state index in [9.17, 15) is 4.79 Å². The number of ether oxygens (including phenoxy) is 2. The first-order valence-corrected chi connectivity index (χ1v) is 5.35. The Morgan fingerprint density at radius 1 is 1.29 bits per heavy atom. The molecule has 5 nitrogen and oxygen atoms in total. The predicted molar refractivity (Wildman–Crippen MR) is 66.6 cm³/mol. The van der Waals surface area contributed by atoms with Gasteiger partial charge >= 0.3 is 0 Å². The lowest BCUT2D eigenvalue weighted by atomic mass is 10.2. The summed E-state index contributed by atoms with van der Waals surface area (Å²) in [6.45, 7) is 2.23. The maximum Gasteiger partial charge on any atom is 0.225 e. The molecule has 1 aromatic carbocycles. The van der Waals surface area contributed by atoms with Crippen molar-refractivity contribution in [3.63, 3.8) is 0 Å². The first kappa shape index (κ1) is 13.3. The number of carbonyl (C=O) groups excluding carboxylic acids is 1. The molecule has 0 unspecified atom stereocenters. The molecule has 0 radical (unpaired) electrons. The molecule has 5 heteroatoms. The van der Waals surface area contributed by atoms with E-state index in [1.165, 1.54) is 0 Å². The maximum atomic E-state index is 11.5. The third-order valence-electron chi connectivity index (χ3n) is 2.36. The summed E-state index contributed by atoms with van der Waals surface area (Å²) >= 11 is 0. The molecule has 0 spiro atoms. The van der Waals surface area contributed by atoms with Crippen molar-refractivity contribution in [3.05, 3.63) is 17.7 Å². The summed E-state index contributed by atoms with van der Waals surface area (Å²) in [5.41, 5.74) is 6.85. The lowest BCUT2D eigenvalue weighted by Gasteiger charge is -2.13. The van der Waals surface area contributed by atoms with Crippen LogP contribution in [0.4, 0.5) is 5.69 Å². The molecule has 17 heavy (non-hydrogen) atoms. The van der Waals surface area contributed by atoms with E-state index < -0.39 is 0 Å². The van der Waals surface area contributed by atoms with Crippen molar-refractivity contribution in [2.45, 2.75) is 13.3 Å². The highest BCUT2D eigenvalue weighted by atomic mass is 16.5. The molecular weight excluding hydrogens is 220 g/mol. The van der Waals surface area contributed by atoms with Crippen LogP contribution < -0.4 is 20.5 Å². The van der Waals surface area contributed by atoms with Crippen LogP contribution in [0.1, 0.15) is 12.0 Å². The van der Waals surface area contributed by atoms with Crippen LogP contribution in [0.25, 0.3) is 0 Å². The fourth-order valence-corrected chi connectivity index (χ4v) is 1.49. The first-order chi connectivity index (χ1) is 8.12. The van der Waals surface area contributed by atoms with Gasteiger partial charge in [0.25, 0.3) is 0 Å². The minimum Gasteiger partial charge on any atom is -0.496 e. The van der Waals surface area contributed by atoms with Gasteiger partial charge in [0.1, 0.15) is 11.5 Å². The molecule has 0 aliphatic rings. The van der Waals surface area contributed by atoms with Gasteiger partial charge in [-0.3, -0.25) is 4.79 Å². The van der Waals surface area contributed by atoms with Crippen LogP contribution in [0.5, 0.6) is 11.5 Å². The van der Waals surface area contributed by atoms with E-state index in [1.807, 2.05) is 13.0 Å². The topological polar surface area (TPSA) is 73.6 Å². The van der Waals surface area contributed by atoms with Crippen LogP contribution in [0.2, 0.25) is 0 Å². The van der Waals surface area contributed by atoms with Crippen molar-refractivity contribution >= 4 is 11.6 Å². The van der Waals surface area contributed by atoms with Crippen LogP contribution in [-0.2, 0) is 4.79 Å². The summed E-state index contributed by atoms with van der Waals surface area (Å²) in [4.78, 5) is 11.5. The van der Waals surface area contributed by atoms with Gasteiger partial charge in [-0.2, -0.15) is 0 Å². The Morgan fingerprint density at radius 2 is 1.94 bits per heavy atom. The van der Waals surface area contributed by atoms with Gasteiger partial charge in [-0.25, -0.2) is 0 Å². The molecule has 0 fully saturated rings. The number of rotatable bonds is 5. The number of anilines is 1. The summed E-state index contributed by atoms with van der Waals surface area (Å²) in [6.07, 6.45) is 0.277. The van der Waals surface area contributed by atoms with Crippen molar-refractivity contribution in [2.24, 2.45) is 5.73 Å². The number of hydrogen-bond donors (Lipinski definition) is 2. The second-order valence-electron chi connectivity index (χ2n) is 3.61. The third-order valence-corrected chi connectivity index (χ3v) is 2.36. The van der Waals surface area contributed by atoms with Gasteiger partial charge in [-0.15, -0.1) is 0 Å². The van der Waals surface area contributed by atoms with Crippen LogP contribution in [0.3, 0.4) is 0 Å². The standard InChI is InChI=1S/C12H18N2O3/c1-8-6-11(17-3)9(7-10(8)16-2)14-12(15)4-5-13/h6-7H,4-5,13H2,1-3H3,(H,14,15). The normalized spacial score (nSPS) is 9.88. The number of hydrogen-bond acceptors (Lipinski definition) is 4. The number of amides is 1. The van der Waals surface area contributed by atoms with Gasteiger partial charge in [-0.1, -0.05) is 0 Å². The highest BCUT2D eigenvalue weighted by Gasteiger charge is 2.10. The van der Waals surface area contributed by atoms with E-state index in [4.69, 9.17) is 15.2 Å². The Labute approximate surface area is 101 Å². The summed E-state index contributed by atoms with van der Waals surface area (Å²) in [7, 11) is 3.14. The Balaban J connectivity index is 2.99. The maximum absolute atomic E-state index is 11.5. The average Bonchev–Trinajstić information content (AvgIpc) is 2.31. The van der Waals surface area contributed by atoms with Gasteiger partial charge in [0.05, 0.1) is 19.9 Å². The molecule has 0 aliphatic heterocycles. The zero-order valence-corrected chi connectivity index (χ0v) is 10.4. The molecule has 0 aromatic heterocycles. The molecule has 0 atom stereocenters. The zero-order chi connectivity index (χ0) is 12.8. The van der Waals surface area contributed by atoms with Gasteiger partial charge in [0, 0.05) is 19.0 Å². The van der Waals surface area contributed by atoms with E-state index in [-0.39, 0.29) is 12.3 Å². The molecular formula is C12H18N2O3. The number of aryl methyl sites for hydroxylation is 1. The molecule has 0 saturated carbocycles. The Morgan fingerprint density at radius 3 is 2.47 bits per heavy atom. The number of carbonyl (C=O) groups is 1. The highest BCUT2D eigenvalue weighted by Crippen LogP contribution is 2.32. The third kappa shape index (κ3) is 3.35. The van der Waals surface area contributed by atoms with E-state index in [0.29, 0.717) is 23.7 Å². The molecule has 3 N–H and O–H groups in total. The van der Waals surface area contributed by atoms with Gasteiger partial charge in [0.2, 0.25) is 5.91 Å². The Hall–Kier alpha value is -1.75. The SMILES string of the molecule is COc1cc(NC(=O)CCN)c(OC)cc1C. The molecule has 94 valence electrons. The van der Waals surface area contributed by atoms with Crippen molar-refractivity contribution in [3.8, 4) is 11.5 Å². The summed E-state index contributed by atoms with van der Waals surface area (Å²) in [5.74, 6) is 1.17. The molecule has 0 saturated heterocycles. The molecule has 0 heterocycles. The van der Waals surface area contributed by atoms with Crippen molar-refractivity contribution < 1.29 is 14.3 Å². The smallest absolute Gasteiger partial charge is 0.225 e. The molecule has 0 bridgehead atoms. The lowest BCUT2D eigenvalue weighted by Crippen LogP contribution is -2.16. The summed E-state index contributed by atoms with van der Waals surface area (Å²) < 4.78 is 10.4. The minimum absolute atomic E-state index is 0.142. The van der Waals surface area contributed by atoms with Crippen LogP contribution in [0.15, 0.2) is 12.1 Å². The first-order valence-electron chi connectivity index (χ1n) is 5.35. The molecule has 1 amide bonds. The van der Waals surface area contributed by atoms with E-state index >= 15 is 0 Å². The van der Waals surface area contributed by atoms with Crippen molar-refractivity contribution in [1.29, 1.82) is 0 Å². The fraction of sp³-hybridized carbons (Fsp3) is 0.417. The molecule has 1 rings (SSSR count). The second-order valence-corrected chi connectivity index (χ2v) is 3.61. The summed E-state index contributed by atoms with van der Waals surface area (Å²) in [5, 5.41) is 2.74. The Bertz CT molecular complexity index is 405. The lowest BCUT2D eigenvalue weighted by molar-refractivity contribution is -0.116. The monoisotopic (exact) mass is 238 g/mol. The van der Waals surface area contributed by atoms with E-state index in [1.54, 1.807) is 20.3 Å². The predicted octanol–water partition coefficient (Wildman–Crippen LogP) is 1.30. The van der Waals surface area contributed by atoms with Gasteiger partial charge in [-0.05, 0) is 18.6 Å². The van der Waals surface area contributed by atoms with Crippen molar-refractivity contribution in [2.75, 3.05) is 26.1 Å². The fourth-order valence-electron chi connectivity index (χ4n) is 1.49. The Kier molecular flexibility index (Phi) is 4.78. The summed E-state index contributed by atoms with van der Waals surface area (Å²) in [6, 6.07) is 3.56. The van der Waals surface area contributed by atoms with Crippen LogP contribution >= 0.6 is 0 Å². The van der Waals surface area contributed by atoms with Crippen LogP contribution in [-0.4, -0.2) is 26.7 Å². The van der Waals surface area contributed by atoms with Gasteiger partial charge < -0.3 is 20.5 Å².